The van der Waals surface area contributed by atoms with E-state index in [0.717, 1.165) is 38.2 Å². The third kappa shape index (κ3) is 3.77. The minimum atomic E-state index is -2.86. The first-order chi connectivity index (χ1) is 14.0. The van der Waals surface area contributed by atoms with Crippen LogP contribution in [0.3, 0.4) is 0 Å². The molecule has 1 atom stereocenters. The van der Waals surface area contributed by atoms with Gasteiger partial charge in [0, 0.05) is 43.2 Å². The van der Waals surface area contributed by atoms with E-state index in [9.17, 15) is 13.2 Å². The number of nitrogens with one attached hydrogen (secondary N) is 1. The Kier molecular flexibility index (Phi) is 4.81. The molecule has 0 radical (unpaired) electrons. The number of nitrogens with zero attached hydrogens (tertiary/aromatic N) is 3. The lowest BCUT2D eigenvalue weighted by Gasteiger charge is -2.37. The van der Waals surface area contributed by atoms with Crippen LogP contribution in [0.15, 0.2) is 33.0 Å². The summed E-state index contributed by atoms with van der Waals surface area (Å²) in [6, 6.07) is 3.79. The summed E-state index contributed by atoms with van der Waals surface area (Å²) in [5, 5.41) is 2.48. The summed E-state index contributed by atoms with van der Waals surface area (Å²) < 4.78 is 28.9. The fraction of sp³-hybridized carbons (Fsp3) is 0.474. The van der Waals surface area contributed by atoms with Crippen LogP contribution in [0.4, 0.5) is 0 Å². The monoisotopic (exact) mass is 434 g/mol. The molecule has 3 aromatic rings. The molecule has 8 nitrogen and oxygen atoms in total. The second-order valence-corrected chi connectivity index (χ2v) is 10.8. The van der Waals surface area contributed by atoms with Gasteiger partial charge in [-0.3, -0.25) is 14.6 Å². The highest BCUT2D eigenvalue weighted by Gasteiger charge is 2.33. The summed E-state index contributed by atoms with van der Waals surface area (Å²) in [5.41, 5.74) is 0.628. The predicted octanol–water partition coefficient (Wildman–Crippen LogP) is 1.55. The van der Waals surface area contributed by atoms with Crippen LogP contribution in [0.1, 0.15) is 12.2 Å². The first-order valence-corrected chi connectivity index (χ1v) is 12.4. The molecule has 0 bridgehead atoms. The number of aromatic nitrogens is 2. The van der Waals surface area contributed by atoms with E-state index in [2.05, 4.69) is 19.8 Å². The van der Waals surface area contributed by atoms with Crippen molar-refractivity contribution in [3.05, 3.63) is 40.0 Å². The maximum Gasteiger partial charge on any atom is 0.260 e. The molecule has 0 aromatic carbocycles. The molecule has 5 rings (SSSR count). The Labute approximate surface area is 172 Å². The van der Waals surface area contributed by atoms with Gasteiger partial charge in [-0.2, -0.15) is 0 Å². The smallest absolute Gasteiger partial charge is 0.260 e. The van der Waals surface area contributed by atoms with Crippen molar-refractivity contribution >= 4 is 31.4 Å². The number of piperazine rings is 1. The van der Waals surface area contributed by atoms with Gasteiger partial charge in [0.05, 0.1) is 29.7 Å². The van der Waals surface area contributed by atoms with Gasteiger partial charge in [0.15, 0.2) is 9.84 Å². The summed E-state index contributed by atoms with van der Waals surface area (Å²) in [7, 11) is -2.86. The zero-order chi connectivity index (χ0) is 20.0. The van der Waals surface area contributed by atoms with Gasteiger partial charge in [-0.15, -0.1) is 11.3 Å². The van der Waals surface area contributed by atoms with E-state index in [4.69, 9.17) is 4.42 Å². The lowest BCUT2D eigenvalue weighted by atomic mass is 10.2. The second kappa shape index (κ2) is 7.35. The zero-order valence-electron chi connectivity index (χ0n) is 15.8. The second-order valence-electron chi connectivity index (χ2n) is 7.69. The van der Waals surface area contributed by atoms with Crippen LogP contribution in [-0.4, -0.2) is 71.9 Å². The predicted molar refractivity (Wildman–Crippen MR) is 112 cm³/mol. The number of thiophene rings is 1. The summed E-state index contributed by atoms with van der Waals surface area (Å²) in [4.78, 5) is 25.5. The van der Waals surface area contributed by atoms with Crippen LogP contribution in [0, 0.1) is 0 Å². The van der Waals surface area contributed by atoms with Gasteiger partial charge < -0.3 is 9.40 Å². The molecule has 2 fully saturated rings. The average Bonchev–Trinajstić information content (AvgIpc) is 3.41. The molecule has 2 aliphatic rings. The highest BCUT2D eigenvalue weighted by atomic mass is 32.2. The van der Waals surface area contributed by atoms with Crippen molar-refractivity contribution < 1.29 is 12.8 Å². The summed E-state index contributed by atoms with van der Waals surface area (Å²) in [6.45, 7) is 3.93. The van der Waals surface area contributed by atoms with E-state index in [1.54, 1.807) is 12.3 Å². The highest BCUT2D eigenvalue weighted by Crippen LogP contribution is 2.31. The van der Waals surface area contributed by atoms with E-state index in [1.165, 1.54) is 11.3 Å². The molecule has 2 saturated heterocycles. The maximum absolute atomic E-state index is 12.7. The van der Waals surface area contributed by atoms with Crippen molar-refractivity contribution in [2.24, 2.45) is 0 Å². The number of aromatic amines is 1. The number of furan rings is 1. The SMILES string of the molecule is O=c1[nH]c(CN2CCN(C3CCS(=O)(=O)C3)CC2)nc2scc(-c3ccco3)c12. The van der Waals surface area contributed by atoms with Crippen LogP contribution in [-0.2, 0) is 16.4 Å². The minimum absolute atomic E-state index is 0.146. The zero-order valence-corrected chi connectivity index (χ0v) is 17.5. The molecule has 5 heterocycles. The van der Waals surface area contributed by atoms with Gasteiger partial charge in [-0.1, -0.05) is 0 Å². The van der Waals surface area contributed by atoms with Crippen molar-refractivity contribution in [3.8, 4) is 11.3 Å². The van der Waals surface area contributed by atoms with Crippen LogP contribution >= 0.6 is 11.3 Å². The molecular formula is C19H22N4O4S2. The standard InChI is InChI=1S/C19H22N4O4S2/c24-18-17-14(15-2-1-8-27-15)11-28-19(17)21-16(20-18)10-22-4-6-23(7-5-22)13-3-9-29(25,26)12-13/h1-2,8,11,13H,3-7,9-10,12H2,(H,20,21,24). The van der Waals surface area contributed by atoms with Gasteiger partial charge in [-0.05, 0) is 18.6 Å². The van der Waals surface area contributed by atoms with E-state index in [0.29, 0.717) is 34.1 Å². The number of H-pyrrole nitrogens is 1. The quantitative estimate of drug-likeness (QED) is 0.665. The molecule has 0 saturated carbocycles. The minimum Gasteiger partial charge on any atom is -0.464 e. The number of rotatable bonds is 4. The van der Waals surface area contributed by atoms with E-state index >= 15 is 0 Å². The Hall–Kier alpha value is -2.01. The van der Waals surface area contributed by atoms with Crippen LogP contribution in [0.25, 0.3) is 21.5 Å². The molecule has 2 aliphatic heterocycles. The molecule has 3 aromatic heterocycles. The normalized spacial score (nSPS) is 23.1. The Morgan fingerprint density at radius 2 is 2.10 bits per heavy atom. The van der Waals surface area contributed by atoms with E-state index in [1.807, 2.05) is 11.4 Å². The maximum atomic E-state index is 12.7. The topological polar surface area (TPSA) is 99.5 Å². The molecule has 0 aliphatic carbocycles. The van der Waals surface area contributed by atoms with Gasteiger partial charge in [0.25, 0.3) is 5.56 Å². The molecule has 1 N–H and O–H groups in total. The summed E-state index contributed by atoms with van der Waals surface area (Å²) in [5.74, 6) is 1.92. The molecular weight excluding hydrogens is 412 g/mol. The molecule has 1 unspecified atom stereocenters. The number of hydrogen-bond acceptors (Lipinski definition) is 8. The van der Waals surface area contributed by atoms with Gasteiger partial charge in [-0.25, -0.2) is 13.4 Å². The van der Waals surface area contributed by atoms with Gasteiger partial charge in [0.2, 0.25) is 0 Å². The van der Waals surface area contributed by atoms with Crippen LogP contribution in [0.2, 0.25) is 0 Å². The van der Waals surface area contributed by atoms with Crippen molar-refractivity contribution in [2.45, 2.75) is 19.0 Å². The van der Waals surface area contributed by atoms with Crippen LogP contribution in [0.5, 0.6) is 0 Å². The lowest BCUT2D eigenvalue weighted by molar-refractivity contribution is 0.0984. The van der Waals surface area contributed by atoms with Gasteiger partial charge >= 0.3 is 0 Å². The summed E-state index contributed by atoms with van der Waals surface area (Å²) in [6.07, 6.45) is 2.33. The number of hydrogen-bond donors (Lipinski definition) is 1. The molecule has 29 heavy (non-hydrogen) atoms. The third-order valence-electron chi connectivity index (χ3n) is 5.78. The van der Waals surface area contributed by atoms with E-state index in [-0.39, 0.29) is 17.4 Å². The first kappa shape index (κ1) is 19.0. The fourth-order valence-electron chi connectivity index (χ4n) is 4.24. The Balaban J connectivity index is 1.28. The Morgan fingerprint density at radius 1 is 1.28 bits per heavy atom. The van der Waals surface area contributed by atoms with Crippen LogP contribution < -0.4 is 5.56 Å². The Morgan fingerprint density at radius 3 is 2.79 bits per heavy atom. The molecule has 10 heteroatoms. The highest BCUT2D eigenvalue weighted by molar-refractivity contribution is 7.91. The third-order valence-corrected chi connectivity index (χ3v) is 8.41. The van der Waals surface area contributed by atoms with Gasteiger partial charge in [0.1, 0.15) is 16.4 Å². The summed E-state index contributed by atoms with van der Waals surface area (Å²) >= 11 is 1.44. The van der Waals surface area contributed by atoms with Crippen molar-refractivity contribution in [3.63, 3.8) is 0 Å². The number of sulfone groups is 1. The molecule has 0 amide bonds. The average molecular weight is 435 g/mol. The van der Waals surface area contributed by atoms with Crippen molar-refractivity contribution in [1.82, 2.24) is 19.8 Å². The first-order valence-electron chi connectivity index (χ1n) is 9.70. The Bertz CT molecular complexity index is 1170. The number of fused-ring (bicyclic) bond motifs is 1. The van der Waals surface area contributed by atoms with Crippen molar-refractivity contribution in [2.75, 3.05) is 37.7 Å². The lowest BCUT2D eigenvalue weighted by Crippen LogP contribution is -2.50. The van der Waals surface area contributed by atoms with Crippen molar-refractivity contribution in [1.29, 1.82) is 0 Å². The van der Waals surface area contributed by atoms with E-state index < -0.39 is 9.84 Å². The molecule has 0 spiro atoms. The fourth-order valence-corrected chi connectivity index (χ4v) is 6.95. The molecule has 154 valence electrons. The largest absolute Gasteiger partial charge is 0.464 e.